The molecule has 2 aromatic rings. The molecule has 1 unspecified atom stereocenters. The van der Waals surface area contributed by atoms with E-state index in [0.29, 0.717) is 5.02 Å². The van der Waals surface area contributed by atoms with Crippen LogP contribution in [0.2, 0.25) is 5.02 Å². The minimum absolute atomic E-state index is 0.199. The van der Waals surface area contributed by atoms with Crippen LogP contribution in [0.5, 0.6) is 0 Å². The second-order valence-electron chi connectivity index (χ2n) is 5.15. The number of halogens is 2. The Morgan fingerprint density at radius 2 is 1.92 bits per heavy atom. The van der Waals surface area contributed by atoms with Gasteiger partial charge in [0, 0.05) is 4.47 Å². The van der Waals surface area contributed by atoms with Crippen LogP contribution in [-0.2, 0) is 9.53 Å². The second-order valence-corrected chi connectivity index (χ2v) is 6.48. The monoisotopic (exact) mass is 410 g/mol. The highest BCUT2D eigenvalue weighted by molar-refractivity contribution is 9.10. The maximum atomic E-state index is 11.9. The van der Waals surface area contributed by atoms with Gasteiger partial charge in [-0.25, -0.2) is 4.79 Å². The lowest BCUT2D eigenvalue weighted by atomic mass is 10.1. The molecule has 0 spiro atoms. The standard InChI is InChI=1S/C17H16BrClN2O3/c1-10(11-2-5-13(18)6-3-11)21-16(22)9-24-17(23)12-4-7-14(19)15(20)8-12/h2-8,10H,9,20H2,1H3,(H,21,22). The Bertz CT molecular complexity index is 750. The van der Waals surface area contributed by atoms with Crippen molar-refractivity contribution in [3.63, 3.8) is 0 Å². The Morgan fingerprint density at radius 3 is 2.54 bits per heavy atom. The van der Waals surface area contributed by atoms with Crippen molar-refractivity contribution in [3.8, 4) is 0 Å². The van der Waals surface area contributed by atoms with Gasteiger partial charge in [0.1, 0.15) is 0 Å². The Balaban J connectivity index is 1.87. The fourth-order valence-corrected chi connectivity index (χ4v) is 2.38. The fraction of sp³-hybridized carbons (Fsp3) is 0.176. The van der Waals surface area contributed by atoms with E-state index in [9.17, 15) is 9.59 Å². The average molecular weight is 412 g/mol. The largest absolute Gasteiger partial charge is 0.452 e. The molecule has 2 aromatic carbocycles. The van der Waals surface area contributed by atoms with E-state index in [0.717, 1.165) is 10.0 Å². The first-order valence-electron chi connectivity index (χ1n) is 7.14. The van der Waals surface area contributed by atoms with Crippen molar-refractivity contribution < 1.29 is 14.3 Å². The van der Waals surface area contributed by atoms with Gasteiger partial charge in [0.05, 0.1) is 22.3 Å². The van der Waals surface area contributed by atoms with Crippen LogP contribution in [0.3, 0.4) is 0 Å². The molecular weight excluding hydrogens is 396 g/mol. The van der Waals surface area contributed by atoms with Gasteiger partial charge in [-0.05, 0) is 42.8 Å². The Morgan fingerprint density at radius 1 is 1.25 bits per heavy atom. The number of nitrogen functional groups attached to an aromatic ring is 1. The van der Waals surface area contributed by atoms with E-state index in [1.807, 2.05) is 31.2 Å². The summed E-state index contributed by atoms with van der Waals surface area (Å²) in [6.45, 7) is 1.48. The number of rotatable bonds is 5. The van der Waals surface area contributed by atoms with Gasteiger partial charge in [-0.15, -0.1) is 0 Å². The summed E-state index contributed by atoms with van der Waals surface area (Å²) < 4.78 is 5.94. The summed E-state index contributed by atoms with van der Waals surface area (Å²) in [4.78, 5) is 23.8. The number of benzene rings is 2. The summed E-state index contributed by atoms with van der Waals surface area (Å²) in [5, 5.41) is 3.12. The molecule has 0 saturated heterocycles. The van der Waals surface area contributed by atoms with Gasteiger partial charge in [0.15, 0.2) is 6.61 Å². The molecule has 2 rings (SSSR count). The van der Waals surface area contributed by atoms with E-state index >= 15 is 0 Å². The maximum Gasteiger partial charge on any atom is 0.338 e. The van der Waals surface area contributed by atoms with Crippen molar-refractivity contribution >= 4 is 45.1 Å². The topological polar surface area (TPSA) is 81.4 Å². The van der Waals surface area contributed by atoms with Crippen molar-refractivity contribution in [2.75, 3.05) is 12.3 Å². The Labute approximate surface area is 153 Å². The number of nitrogens with one attached hydrogen (secondary N) is 1. The number of anilines is 1. The summed E-state index contributed by atoms with van der Waals surface area (Å²) >= 11 is 9.15. The predicted molar refractivity (Wildman–Crippen MR) is 96.8 cm³/mol. The van der Waals surface area contributed by atoms with Crippen LogP contribution in [-0.4, -0.2) is 18.5 Å². The van der Waals surface area contributed by atoms with Crippen molar-refractivity contribution in [2.45, 2.75) is 13.0 Å². The zero-order chi connectivity index (χ0) is 17.7. The first-order valence-corrected chi connectivity index (χ1v) is 8.31. The highest BCUT2D eigenvalue weighted by Gasteiger charge is 2.14. The number of carbonyl (C=O) groups is 2. The molecule has 1 atom stereocenters. The molecule has 24 heavy (non-hydrogen) atoms. The van der Waals surface area contributed by atoms with E-state index in [1.165, 1.54) is 18.2 Å². The number of carbonyl (C=O) groups excluding carboxylic acids is 2. The maximum absolute atomic E-state index is 11.9. The highest BCUT2D eigenvalue weighted by atomic mass is 79.9. The quantitative estimate of drug-likeness (QED) is 0.580. The number of nitrogens with two attached hydrogens (primary N) is 1. The van der Waals surface area contributed by atoms with Gasteiger partial charge in [-0.1, -0.05) is 39.7 Å². The molecule has 0 radical (unpaired) electrons. The summed E-state index contributed by atoms with van der Waals surface area (Å²) in [6.07, 6.45) is 0. The summed E-state index contributed by atoms with van der Waals surface area (Å²) in [7, 11) is 0. The molecule has 0 bridgehead atoms. The van der Waals surface area contributed by atoms with Crippen LogP contribution in [0, 0.1) is 0 Å². The first-order chi connectivity index (χ1) is 11.4. The third-order valence-corrected chi connectivity index (χ3v) is 4.19. The van der Waals surface area contributed by atoms with Gasteiger partial charge < -0.3 is 15.8 Å². The highest BCUT2D eigenvalue weighted by Crippen LogP contribution is 2.20. The van der Waals surface area contributed by atoms with Crippen LogP contribution >= 0.6 is 27.5 Å². The van der Waals surface area contributed by atoms with Gasteiger partial charge >= 0.3 is 5.97 Å². The average Bonchev–Trinajstić information content (AvgIpc) is 2.55. The lowest BCUT2D eigenvalue weighted by molar-refractivity contribution is -0.124. The molecular formula is C17H16BrClN2O3. The number of amides is 1. The van der Waals surface area contributed by atoms with E-state index in [-0.39, 0.29) is 29.8 Å². The smallest absolute Gasteiger partial charge is 0.338 e. The first kappa shape index (κ1) is 18.3. The Hall–Kier alpha value is -2.05. The molecule has 5 nitrogen and oxygen atoms in total. The van der Waals surface area contributed by atoms with Crippen LogP contribution in [0.4, 0.5) is 5.69 Å². The molecule has 0 saturated carbocycles. The molecule has 0 fully saturated rings. The molecule has 3 N–H and O–H groups in total. The van der Waals surface area contributed by atoms with Crippen LogP contribution in [0.25, 0.3) is 0 Å². The number of hydrogen-bond acceptors (Lipinski definition) is 4. The van der Waals surface area contributed by atoms with Gasteiger partial charge in [0.2, 0.25) is 0 Å². The van der Waals surface area contributed by atoms with Crippen molar-refractivity contribution in [3.05, 3.63) is 63.1 Å². The van der Waals surface area contributed by atoms with E-state index in [1.54, 1.807) is 0 Å². The normalized spacial score (nSPS) is 11.6. The molecule has 0 aliphatic rings. The zero-order valence-electron chi connectivity index (χ0n) is 12.9. The molecule has 0 aliphatic heterocycles. The van der Waals surface area contributed by atoms with E-state index in [2.05, 4.69) is 21.2 Å². The predicted octanol–water partition coefficient (Wildman–Crippen LogP) is 3.72. The second kappa shape index (κ2) is 8.17. The summed E-state index contributed by atoms with van der Waals surface area (Å²) in [5.41, 5.74) is 7.10. The number of esters is 1. The van der Waals surface area contributed by atoms with E-state index in [4.69, 9.17) is 22.1 Å². The SMILES string of the molecule is CC(NC(=O)COC(=O)c1ccc(Cl)c(N)c1)c1ccc(Br)cc1. The lowest BCUT2D eigenvalue weighted by Crippen LogP contribution is -2.31. The molecule has 0 heterocycles. The van der Waals surface area contributed by atoms with Gasteiger partial charge in [-0.2, -0.15) is 0 Å². The molecule has 1 amide bonds. The minimum atomic E-state index is -0.634. The molecule has 126 valence electrons. The summed E-state index contributed by atoms with van der Waals surface area (Å²) in [6, 6.07) is 11.8. The molecule has 0 aromatic heterocycles. The van der Waals surface area contributed by atoms with Gasteiger partial charge in [-0.3, -0.25) is 4.79 Å². The number of ether oxygens (including phenoxy) is 1. The third-order valence-electron chi connectivity index (χ3n) is 3.31. The van der Waals surface area contributed by atoms with Crippen molar-refractivity contribution in [1.29, 1.82) is 0 Å². The summed E-state index contributed by atoms with van der Waals surface area (Å²) in [5.74, 6) is -1.02. The zero-order valence-corrected chi connectivity index (χ0v) is 15.2. The molecule has 0 aliphatic carbocycles. The Kier molecular flexibility index (Phi) is 6.23. The van der Waals surface area contributed by atoms with Crippen LogP contribution in [0.1, 0.15) is 28.9 Å². The van der Waals surface area contributed by atoms with Crippen molar-refractivity contribution in [1.82, 2.24) is 5.32 Å². The van der Waals surface area contributed by atoms with Crippen LogP contribution in [0.15, 0.2) is 46.9 Å². The lowest BCUT2D eigenvalue weighted by Gasteiger charge is -2.14. The van der Waals surface area contributed by atoms with E-state index < -0.39 is 5.97 Å². The fourth-order valence-electron chi connectivity index (χ4n) is 2.00. The van der Waals surface area contributed by atoms with Crippen LogP contribution < -0.4 is 11.1 Å². The minimum Gasteiger partial charge on any atom is -0.452 e. The molecule has 7 heteroatoms. The third kappa shape index (κ3) is 4.97. The number of hydrogen-bond donors (Lipinski definition) is 2. The van der Waals surface area contributed by atoms with Crippen molar-refractivity contribution in [2.24, 2.45) is 0 Å². The van der Waals surface area contributed by atoms with Gasteiger partial charge in [0.25, 0.3) is 5.91 Å².